The van der Waals surface area contributed by atoms with Crippen molar-refractivity contribution in [3.05, 3.63) is 180 Å². The number of nitrogens with zero attached hydrogens (tertiary/aromatic N) is 4. The number of aromatic nitrogens is 4. The molecule has 260 valence electrons. The molecule has 0 aliphatic carbocycles. The van der Waals surface area contributed by atoms with Crippen LogP contribution < -0.4 is 29.8 Å². The maximum atomic E-state index is 6.26. The van der Waals surface area contributed by atoms with Gasteiger partial charge in [-0.1, -0.05) is 54.6 Å². The number of hydrogen-bond acceptors (Lipinski definition) is 6. The second-order valence-electron chi connectivity index (χ2n) is 12.9. The van der Waals surface area contributed by atoms with E-state index in [-0.39, 0.29) is 0 Å². The first-order valence-electron chi connectivity index (χ1n) is 17.6. The highest BCUT2D eigenvalue weighted by atomic mass is 127. The highest BCUT2D eigenvalue weighted by molar-refractivity contribution is 14.1. The van der Waals surface area contributed by atoms with E-state index in [1.54, 1.807) is 12.4 Å². The van der Waals surface area contributed by atoms with Gasteiger partial charge in [0.2, 0.25) is 5.69 Å². The Morgan fingerprint density at radius 2 is 1.19 bits per heavy atom. The molecule has 0 bridgehead atoms. The van der Waals surface area contributed by atoms with Crippen molar-refractivity contribution in [2.24, 2.45) is 0 Å². The molecular weight excluding hydrogens is 781 g/mol. The number of nitrogens with one attached hydrogen (secondary N) is 3. The number of ether oxygens (including phenoxy) is 1. The zero-order valence-electron chi connectivity index (χ0n) is 29.0. The van der Waals surface area contributed by atoms with E-state index < -0.39 is 0 Å². The van der Waals surface area contributed by atoms with Crippen molar-refractivity contribution in [2.75, 3.05) is 16.0 Å². The summed E-state index contributed by atoms with van der Waals surface area (Å²) >= 11 is 2.42. The first-order valence-corrected chi connectivity index (χ1v) is 18.6. The Balaban J connectivity index is 0.886. The van der Waals surface area contributed by atoms with Gasteiger partial charge in [0.1, 0.15) is 11.6 Å². The Hall–Kier alpha value is -6.59. The molecule has 4 heterocycles. The van der Waals surface area contributed by atoms with Crippen LogP contribution in [-0.2, 0) is 6.73 Å². The highest BCUT2D eigenvalue weighted by Gasteiger charge is 2.15. The number of halogens is 1. The molecule has 3 N–H and O–H groups in total. The fraction of sp³-hybridized carbons (Fsp3) is 0.0222. The Kier molecular flexibility index (Phi) is 9.12. The second-order valence-corrected chi connectivity index (χ2v) is 14.0. The molecular formula is C45H34IN7O+2. The Morgan fingerprint density at radius 3 is 1.98 bits per heavy atom. The van der Waals surface area contributed by atoms with E-state index in [4.69, 9.17) is 4.74 Å². The van der Waals surface area contributed by atoms with Crippen LogP contribution in [0, 0.1) is 3.57 Å². The van der Waals surface area contributed by atoms with Crippen LogP contribution in [0.5, 0.6) is 5.75 Å². The molecule has 0 unspecified atom stereocenters. The summed E-state index contributed by atoms with van der Waals surface area (Å²) in [6.45, 7) is 0.378. The van der Waals surface area contributed by atoms with Crippen LogP contribution in [0.4, 0.5) is 34.3 Å². The van der Waals surface area contributed by atoms with E-state index in [2.05, 4.69) is 150 Å². The van der Waals surface area contributed by atoms with Crippen LogP contribution in [-0.4, -0.2) is 9.97 Å². The van der Waals surface area contributed by atoms with Gasteiger partial charge in [-0.2, -0.15) is 9.13 Å². The van der Waals surface area contributed by atoms with E-state index in [1.165, 1.54) is 5.39 Å². The molecule has 0 aliphatic heterocycles. The van der Waals surface area contributed by atoms with Crippen LogP contribution in [0.2, 0.25) is 0 Å². The summed E-state index contributed by atoms with van der Waals surface area (Å²) in [5, 5.41) is 17.4. The lowest BCUT2D eigenvalue weighted by atomic mass is 10.1. The van der Waals surface area contributed by atoms with Gasteiger partial charge in [-0.3, -0.25) is 4.98 Å². The lowest BCUT2D eigenvalue weighted by Crippen LogP contribution is -2.35. The van der Waals surface area contributed by atoms with Gasteiger partial charge in [0.05, 0.1) is 14.9 Å². The summed E-state index contributed by atoms with van der Waals surface area (Å²) in [4.78, 5) is 8.68. The van der Waals surface area contributed by atoms with E-state index >= 15 is 0 Å². The number of pyridine rings is 4. The Bertz CT molecular complexity index is 2750. The van der Waals surface area contributed by atoms with Crippen molar-refractivity contribution in [2.45, 2.75) is 6.73 Å². The summed E-state index contributed by atoms with van der Waals surface area (Å²) in [7, 11) is 0. The summed E-state index contributed by atoms with van der Waals surface area (Å²) < 4.78 is 11.6. The summed E-state index contributed by atoms with van der Waals surface area (Å²) in [6, 6.07) is 45.8. The highest BCUT2D eigenvalue weighted by Crippen LogP contribution is 2.32. The average Bonchev–Trinajstić information content (AvgIpc) is 3.22. The van der Waals surface area contributed by atoms with Crippen molar-refractivity contribution < 1.29 is 13.9 Å². The molecule has 9 heteroatoms. The molecule has 0 radical (unpaired) electrons. The zero-order chi connectivity index (χ0) is 36.3. The maximum absolute atomic E-state index is 6.26. The van der Waals surface area contributed by atoms with Crippen molar-refractivity contribution in [3.63, 3.8) is 0 Å². The molecule has 0 atom stereocenters. The lowest BCUT2D eigenvalue weighted by Gasteiger charge is -2.12. The molecule has 0 saturated carbocycles. The van der Waals surface area contributed by atoms with E-state index in [0.29, 0.717) is 6.73 Å². The summed E-state index contributed by atoms with van der Waals surface area (Å²) in [6.07, 6.45) is 13.6. The topological polar surface area (TPSA) is 78.9 Å². The molecule has 0 fully saturated rings. The molecule has 5 aromatic carbocycles. The molecule has 0 saturated heterocycles. The number of hydrogen-bond donors (Lipinski definition) is 3. The van der Waals surface area contributed by atoms with Crippen LogP contribution >= 0.6 is 22.6 Å². The molecule has 4 aromatic heterocycles. The number of fused-ring (bicyclic) bond motifs is 3. The summed E-state index contributed by atoms with van der Waals surface area (Å²) in [5.41, 5.74) is 6.15. The van der Waals surface area contributed by atoms with Crippen molar-refractivity contribution >= 4 is 89.2 Å². The minimum Gasteiger partial charge on any atom is -0.436 e. The molecule has 9 rings (SSSR count). The third-order valence-corrected chi connectivity index (χ3v) is 10.2. The maximum Gasteiger partial charge on any atom is 0.292 e. The fourth-order valence-corrected chi connectivity index (χ4v) is 7.34. The lowest BCUT2D eigenvalue weighted by molar-refractivity contribution is -0.724. The van der Waals surface area contributed by atoms with Crippen LogP contribution in [0.15, 0.2) is 177 Å². The predicted octanol–water partition coefficient (Wildman–Crippen LogP) is 10.4. The number of anilines is 6. The third-order valence-electron chi connectivity index (χ3n) is 9.36. The van der Waals surface area contributed by atoms with Gasteiger partial charge >= 0.3 is 0 Å². The van der Waals surface area contributed by atoms with Crippen molar-refractivity contribution in [1.82, 2.24) is 9.97 Å². The van der Waals surface area contributed by atoms with Gasteiger partial charge in [0.15, 0.2) is 24.8 Å². The standard InChI is InChI=1S/C45H32IN7O/c46-41-29-40-33(7-4-10-43(40)49-34-14-20-47-21-15-34)27-44(41)53-25-18-35(19-26-53)50-42-9-3-6-31-11-12-37(28-39(31)42)54-30-52-23-16-36(17-24-52)51-45-38-8-2-1-5-32(38)13-22-48-45/h1-29H,30H2,(H,47,49)/p+2. The van der Waals surface area contributed by atoms with Gasteiger partial charge in [0, 0.05) is 82.1 Å². The second kappa shape index (κ2) is 14.8. The van der Waals surface area contributed by atoms with Gasteiger partial charge in [-0.15, -0.1) is 0 Å². The average molecular weight is 816 g/mol. The smallest absolute Gasteiger partial charge is 0.292 e. The number of benzene rings is 5. The molecule has 9 aromatic rings. The SMILES string of the molecule is Ic1cc2c(Nc3ccncc3)cccc2cc1-[n+]1ccc(Nc2cccc3ccc(OC[n+]4ccc(Nc5nccc6ccccc56)cc4)cc23)cc1. The monoisotopic (exact) mass is 815 g/mol. The van der Waals surface area contributed by atoms with Crippen LogP contribution in [0.25, 0.3) is 38.0 Å². The zero-order valence-corrected chi connectivity index (χ0v) is 31.2. The van der Waals surface area contributed by atoms with Gasteiger partial charge in [-0.05, 0) is 87.3 Å². The molecule has 54 heavy (non-hydrogen) atoms. The number of rotatable bonds is 10. The van der Waals surface area contributed by atoms with Crippen molar-refractivity contribution in [1.29, 1.82) is 0 Å². The first kappa shape index (κ1) is 33.3. The molecule has 0 aliphatic rings. The molecule has 8 nitrogen and oxygen atoms in total. The Labute approximate surface area is 325 Å². The Morgan fingerprint density at radius 1 is 0.537 bits per heavy atom. The van der Waals surface area contributed by atoms with E-state index in [1.807, 2.05) is 71.7 Å². The minimum atomic E-state index is 0.378. The summed E-state index contributed by atoms with van der Waals surface area (Å²) in [5.74, 6) is 1.63. The van der Waals surface area contributed by atoms with Gasteiger partial charge in [-0.25, -0.2) is 4.98 Å². The van der Waals surface area contributed by atoms with Crippen LogP contribution in [0.3, 0.4) is 0 Å². The quantitative estimate of drug-likeness (QED) is 0.0943. The van der Waals surface area contributed by atoms with E-state index in [9.17, 15) is 0 Å². The molecule has 0 amide bonds. The fourth-order valence-electron chi connectivity index (χ4n) is 6.59. The van der Waals surface area contributed by atoms with Gasteiger partial charge in [0.25, 0.3) is 6.73 Å². The predicted molar refractivity (Wildman–Crippen MR) is 225 cm³/mol. The minimum absolute atomic E-state index is 0.378. The molecule has 0 spiro atoms. The van der Waals surface area contributed by atoms with Crippen molar-refractivity contribution in [3.8, 4) is 11.4 Å². The van der Waals surface area contributed by atoms with Crippen LogP contribution in [0.1, 0.15) is 0 Å². The first-order chi connectivity index (χ1) is 26.6. The third kappa shape index (κ3) is 7.09. The largest absolute Gasteiger partial charge is 0.436 e. The normalized spacial score (nSPS) is 11.1. The van der Waals surface area contributed by atoms with E-state index in [0.717, 1.165) is 76.2 Å². The van der Waals surface area contributed by atoms with Gasteiger partial charge < -0.3 is 20.7 Å².